The van der Waals surface area contributed by atoms with Gasteiger partial charge in [0.2, 0.25) is 5.91 Å². The van der Waals surface area contributed by atoms with Gasteiger partial charge in [-0.15, -0.1) is 11.3 Å². The Morgan fingerprint density at radius 1 is 1.45 bits per heavy atom. The number of carbonyl (C=O) groups is 1. The summed E-state index contributed by atoms with van der Waals surface area (Å²) in [5.74, 6) is -0.0883. The summed E-state index contributed by atoms with van der Waals surface area (Å²) >= 11 is 1.48. The van der Waals surface area contributed by atoms with Crippen LogP contribution in [0.3, 0.4) is 0 Å². The largest absolute Gasteiger partial charge is 0.390 e. The summed E-state index contributed by atoms with van der Waals surface area (Å²) in [6.45, 7) is 5.35. The van der Waals surface area contributed by atoms with Crippen molar-refractivity contribution in [3.05, 3.63) is 35.5 Å². The molecule has 0 radical (unpaired) electrons. The fraction of sp³-hybridized carbons (Fsp3) is 0.438. The molecule has 1 amide bonds. The molecular formula is C16H21N3O2S. The minimum absolute atomic E-state index is 0.0820. The molecule has 2 aromatic rings. The number of nitrogens with zero attached hydrogens (tertiary/aromatic N) is 2. The van der Waals surface area contributed by atoms with E-state index in [9.17, 15) is 9.90 Å². The van der Waals surface area contributed by atoms with Crippen molar-refractivity contribution >= 4 is 17.2 Å². The van der Waals surface area contributed by atoms with Crippen molar-refractivity contribution in [3.8, 4) is 10.7 Å². The normalized spacial score (nSPS) is 12.9. The second-order valence-electron chi connectivity index (χ2n) is 6.02. The molecule has 2 rings (SSSR count). The summed E-state index contributed by atoms with van der Waals surface area (Å²) in [6.07, 6.45) is 2.47. The molecular weight excluding hydrogens is 298 g/mol. The second kappa shape index (κ2) is 6.98. The molecule has 118 valence electrons. The predicted molar refractivity (Wildman–Crippen MR) is 87.6 cm³/mol. The highest BCUT2D eigenvalue weighted by Crippen LogP contribution is 2.21. The number of hydrogen-bond donors (Lipinski definition) is 2. The van der Waals surface area contributed by atoms with E-state index in [-0.39, 0.29) is 18.4 Å². The van der Waals surface area contributed by atoms with Crippen LogP contribution in [0.15, 0.2) is 29.8 Å². The van der Waals surface area contributed by atoms with Gasteiger partial charge >= 0.3 is 0 Å². The first kappa shape index (κ1) is 16.6. The zero-order valence-corrected chi connectivity index (χ0v) is 13.9. The Kier molecular flexibility index (Phi) is 5.26. The van der Waals surface area contributed by atoms with Gasteiger partial charge in [0.15, 0.2) is 0 Å². The molecule has 22 heavy (non-hydrogen) atoms. The zero-order valence-electron chi connectivity index (χ0n) is 13.0. The van der Waals surface area contributed by atoms with Crippen molar-refractivity contribution < 1.29 is 9.90 Å². The minimum atomic E-state index is -0.792. The molecule has 2 heterocycles. The van der Waals surface area contributed by atoms with Crippen LogP contribution in [0.5, 0.6) is 0 Å². The van der Waals surface area contributed by atoms with E-state index in [0.717, 1.165) is 16.4 Å². The molecule has 0 aliphatic heterocycles. The van der Waals surface area contributed by atoms with Crippen LogP contribution in [-0.2, 0) is 11.2 Å². The van der Waals surface area contributed by atoms with Gasteiger partial charge in [-0.2, -0.15) is 0 Å². The van der Waals surface area contributed by atoms with Gasteiger partial charge < -0.3 is 10.4 Å². The maximum Gasteiger partial charge on any atom is 0.226 e. The molecule has 1 atom stereocenters. The third-order valence-electron chi connectivity index (χ3n) is 2.99. The lowest BCUT2D eigenvalue weighted by Crippen LogP contribution is -2.38. The van der Waals surface area contributed by atoms with Crippen LogP contribution in [0.4, 0.5) is 0 Å². The average Bonchev–Trinajstić information content (AvgIpc) is 2.85. The van der Waals surface area contributed by atoms with E-state index in [2.05, 4.69) is 15.3 Å². The highest BCUT2D eigenvalue weighted by molar-refractivity contribution is 7.13. The summed E-state index contributed by atoms with van der Waals surface area (Å²) in [5.41, 5.74) is 0.757. The lowest BCUT2D eigenvalue weighted by Gasteiger charge is -2.22. The molecule has 6 heteroatoms. The summed E-state index contributed by atoms with van der Waals surface area (Å²) in [6, 6.07) is 5.58. The van der Waals surface area contributed by atoms with Gasteiger partial charge in [-0.05, 0) is 39.3 Å². The van der Waals surface area contributed by atoms with Gasteiger partial charge in [-0.25, -0.2) is 4.98 Å². The first-order valence-electron chi connectivity index (χ1n) is 7.21. The fourth-order valence-corrected chi connectivity index (χ4v) is 3.08. The number of amides is 1. The van der Waals surface area contributed by atoms with Crippen molar-refractivity contribution in [2.45, 2.75) is 45.3 Å². The Labute approximate surface area is 134 Å². The second-order valence-corrected chi connectivity index (χ2v) is 6.88. The number of aromatic nitrogens is 2. The molecule has 0 unspecified atom stereocenters. The van der Waals surface area contributed by atoms with Crippen molar-refractivity contribution in [2.24, 2.45) is 0 Å². The third-order valence-corrected chi connectivity index (χ3v) is 3.90. The molecule has 0 saturated heterocycles. The number of thiazole rings is 1. The summed E-state index contributed by atoms with van der Waals surface area (Å²) in [4.78, 5) is 20.7. The van der Waals surface area contributed by atoms with Gasteiger partial charge in [0.1, 0.15) is 5.01 Å². The third kappa shape index (κ3) is 5.20. The SMILES string of the molecule is C[C@H](CC(C)(C)O)NC(=O)Cc1csc(-c2ccccn2)n1. The first-order chi connectivity index (χ1) is 10.3. The minimum Gasteiger partial charge on any atom is -0.390 e. The van der Waals surface area contributed by atoms with Crippen LogP contribution >= 0.6 is 11.3 Å². The van der Waals surface area contributed by atoms with Gasteiger partial charge in [0.25, 0.3) is 0 Å². The number of nitrogens with one attached hydrogen (secondary N) is 1. The maximum absolute atomic E-state index is 12.0. The molecule has 2 N–H and O–H groups in total. The van der Waals surface area contributed by atoms with Crippen molar-refractivity contribution in [1.29, 1.82) is 0 Å². The molecule has 0 aromatic carbocycles. The molecule has 0 fully saturated rings. The molecule has 0 spiro atoms. The molecule has 0 bridgehead atoms. The Hall–Kier alpha value is -1.79. The smallest absolute Gasteiger partial charge is 0.226 e. The van der Waals surface area contributed by atoms with Crippen molar-refractivity contribution in [2.75, 3.05) is 0 Å². The van der Waals surface area contributed by atoms with E-state index < -0.39 is 5.60 Å². The van der Waals surface area contributed by atoms with E-state index in [4.69, 9.17) is 0 Å². The van der Waals surface area contributed by atoms with E-state index >= 15 is 0 Å². The standard InChI is InChI=1S/C16H21N3O2S/c1-11(9-16(2,3)21)18-14(20)8-12-10-22-15(19-12)13-6-4-5-7-17-13/h4-7,10-11,21H,8-9H2,1-3H3,(H,18,20)/t11-/m1/s1. The topological polar surface area (TPSA) is 75.1 Å². The quantitative estimate of drug-likeness (QED) is 0.857. The maximum atomic E-state index is 12.0. The van der Waals surface area contributed by atoms with Gasteiger partial charge in [-0.1, -0.05) is 6.07 Å². The van der Waals surface area contributed by atoms with Crippen LogP contribution in [0.2, 0.25) is 0 Å². The Morgan fingerprint density at radius 2 is 2.23 bits per heavy atom. The van der Waals surface area contributed by atoms with Gasteiger partial charge in [-0.3, -0.25) is 9.78 Å². The average molecular weight is 319 g/mol. The van der Waals surface area contributed by atoms with Crippen molar-refractivity contribution in [3.63, 3.8) is 0 Å². The number of carbonyl (C=O) groups excluding carboxylic acids is 1. The lowest BCUT2D eigenvalue weighted by atomic mass is 10.0. The first-order valence-corrected chi connectivity index (χ1v) is 8.09. The monoisotopic (exact) mass is 319 g/mol. The highest BCUT2D eigenvalue weighted by Gasteiger charge is 2.19. The summed E-state index contributed by atoms with van der Waals surface area (Å²) < 4.78 is 0. The van der Waals surface area contributed by atoms with Crippen LogP contribution in [-0.4, -0.2) is 32.6 Å². The fourth-order valence-electron chi connectivity index (χ4n) is 2.29. The van der Waals surface area contributed by atoms with Gasteiger partial charge in [0.05, 0.1) is 23.4 Å². The van der Waals surface area contributed by atoms with Crippen LogP contribution < -0.4 is 5.32 Å². The summed E-state index contributed by atoms with van der Waals surface area (Å²) in [7, 11) is 0. The number of hydrogen-bond acceptors (Lipinski definition) is 5. The van der Waals surface area contributed by atoms with Gasteiger partial charge in [0, 0.05) is 17.6 Å². The number of rotatable bonds is 6. The molecule has 0 aliphatic carbocycles. The van der Waals surface area contributed by atoms with E-state index in [0.29, 0.717) is 6.42 Å². The van der Waals surface area contributed by atoms with Crippen molar-refractivity contribution in [1.82, 2.24) is 15.3 Å². The Bertz CT molecular complexity index is 620. The number of pyridine rings is 1. The molecule has 2 aromatic heterocycles. The van der Waals surface area contributed by atoms with Crippen LogP contribution in [0.25, 0.3) is 10.7 Å². The predicted octanol–water partition coefficient (Wildman–Crippen LogP) is 2.41. The molecule has 0 saturated carbocycles. The lowest BCUT2D eigenvalue weighted by molar-refractivity contribution is -0.121. The van der Waals surface area contributed by atoms with Crippen LogP contribution in [0.1, 0.15) is 32.9 Å². The zero-order chi connectivity index (χ0) is 16.2. The molecule has 0 aliphatic rings. The summed E-state index contributed by atoms with van der Waals surface area (Å²) in [5, 5.41) is 15.3. The number of aliphatic hydroxyl groups is 1. The van der Waals surface area contributed by atoms with E-state index in [1.54, 1.807) is 20.0 Å². The molecule has 5 nitrogen and oxygen atoms in total. The van der Waals surface area contributed by atoms with Crippen LogP contribution in [0, 0.1) is 0 Å². The Morgan fingerprint density at radius 3 is 2.86 bits per heavy atom. The highest BCUT2D eigenvalue weighted by atomic mass is 32.1. The van der Waals surface area contributed by atoms with E-state index in [1.165, 1.54) is 11.3 Å². The Balaban J connectivity index is 1.92. The van der Waals surface area contributed by atoms with E-state index in [1.807, 2.05) is 30.5 Å².